The summed E-state index contributed by atoms with van der Waals surface area (Å²) in [4.78, 5) is 29.5. The highest BCUT2D eigenvalue weighted by molar-refractivity contribution is 5.92. The number of aliphatic hydroxyl groups excluding tert-OH is 1. The Kier molecular flexibility index (Phi) is 5.87. The van der Waals surface area contributed by atoms with E-state index in [1.54, 1.807) is 4.90 Å². The molecule has 2 heterocycles. The molecule has 5 rings (SSSR count). The zero-order chi connectivity index (χ0) is 23.8. The highest BCUT2D eigenvalue weighted by Crippen LogP contribution is 2.44. The number of carbonyl (C=O) groups is 1. The molecule has 34 heavy (non-hydrogen) atoms. The molecule has 2 aliphatic rings. The van der Waals surface area contributed by atoms with E-state index in [1.807, 2.05) is 0 Å². The Hall–Kier alpha value is -3.58. The van der Waals surface area contributed by atoms with Gasteiger partial charge in [-0.3, -0.25) is 14.9 Å². The molecule has 7 heteroatoms. The maximum Gasteiger partial charge on any atom is 0.290 e. The van der Waals surface area contributed by atoms with Gasteiger partial charge in [0, 0.05) is 25.1 Å². The van der Waals surface area contributed by atoms with Crippen molar-refractivity contribution in [1.29, 1.82) is 0 Å². The second-order valence-electron chi connectivity index (χ2n) is 9.23. The van der Waals surface area contributed by atoms with Crippen LogP contribution >= 0.6 is 0 Å². The van der Waals surface area contributed by atoms with Crippen LogP contribution in [0.4, 0.5) is 5.69 Å². The summed E-state index contributed by atoms with van der Waals surface area (Å²) in [5, 5.41) is 21.2. The molecule has 1 aliphatic carbocycles. The highest BCUT2D eigenvalue weighted by Gasteiger charge is 2.31. The summed E-state index contributed by atoms with van der Waals surface area (Å²) in [5.74, 6) is 0.540. The number of aryl methyl sites for hydroxylation is 1. The van der Waals surface area contributed by atoms with Crippen LogP contribution in [0, 0.1) is 17.0 Å². The van der Waals surface area contributed by atoms with Crippen molar-refractivity contribution in [1.82, 2.24) is 9.88 Å². The molecule has 1 saturated carbocycles. The molecule has 2 fully saturated rings. The molecule has 1 aliphatic heterocycles. The lowest BCUT2D eigenvalue weighted by Gasteiger charge is -2.19. The van der Waals surface area contributed by atoms with Crippen LogP contribution in [0.25, 0.3) is 11.1 Å². The number of likely N-dealkylation sites (tertiary alicyclic amines) is 1. The standard InChI is InChI=1S/C27H27N3O4/c1-17-26(30(33)34)11-10-25(28-17)27(32)29-13-12-20(15-29)22-9-8-19(14-21(22)16-31)24-5-3-2-4-23(24)18-6-7-18/h2-5,8-11,14,18,20,31H,6-7,12-13,15-16H2,1H3. The molecular weight excluding hydrogens is 430 g/mol. The van der Waals surface area contributed by atoms with Crippen LogP contribution < -0.4 is 0 Å². The summed E-state index contributed by atoms with van der Waals surface area (Å²) >= 11 is 0. The van der Waals surface area contributed by atoms with Crippen LogP contribution in [0.1, 0.15) is 64.0 Å². The average Bonchev–Trinajstić information content (AvgIpc) is 3.59. The number of carbonyl (C=O) groups excluding carboxylic acids is 1. The van der Waals surface area contributed by atoms with Crippen molar-refractivity contribution in [3.05, 3.63) is 92.8 Å². The summed E-state index contributed by atoms with van der Waals surface area (Å²) in [6, 6.07) is 17.6. The van der Waals surface area contributed by atoms with E-state index in [1.165, 1.54) is 43.0 Å². The molecule has 1 unspecified atom stereocenters. The number of aliphatic hydroxyl groups is 1. The number of hydrogen-bond acceptors (Lipinski definition) is 5. The molecule has 1 atom stereocenters. The van der Waals surface area contributed by atoms with Gasteiger partial charge in [-0.05, 0) is 72.1 Å². The fourth-order valence-electron chi connectivity index (χ4n) is 5.05. The second-order valence-corrected chi connectivity index (χ2v) is 9.23. The number of hydrogen-bond donors (Lipinski definition) is 1. The van der Waals surface area contributed by atoms with Gasteiger partial charge in [-0.25, -0.2) is 4.98 Å². The lowest BCUT2D eigenvalue weighted by Crippen LogP contribution is -2.29. The summed E-state index contributed by atoms with van der Waals surface area (Å²) in [6.45, 7) is 2.60. The topological polar surface area (TPSA) is 96.6 Å². The Morgan fingerprint density at radius 3 is 2.59 bits per heavy atom. The van der Waals surface area contributed by atoms with Crippen LogP contribution in [0.5, 0.6) is 0 Å². The first kappa shape index (κ1) is 22.2. The van der Waals surface area contributed by atoms with Crippen LogP contribution in [-0.2, 0) is 6.61 Å². The van der Waals surface area contributed by atoms with Gasteiger partial charge in [0.25, 0.3) is 11.6 Å². The predicted molar refractivity (Wildman–Crippen MR) is 129 cm³/mol. The number of pyridine rings is 1. The van der Waals surface area contributed by atoms with Crippen molar-refractivity contribution in [2.75, 3.05) is 13.1 Å². The van der Waals surface area contributed by atoms with Gasteiger partial charge in [0.05, 0.1) is 11.5 Å². The van der Waals surface area contributed by atoms with Crippen molar-refractivity contribution in [2.24, 2.45) is 0 Å². The summed E-state index contributed by atoms with van der Waals surface area (Å²) in [7, 11) is 0. The lowest BCUT2D eigenvalue weighted by molar-refractivity contribution is -0.385. The van der Waals surface area contributed by atoms with Crippen molar-refractivity contribution in [3.63, 3.8) is 0 Å². The third-order valence-corrected chi connectivity index (χ3v) is 6.99. The van der Waals surface area contributed by atoms with Gasteiger partial charge in [0.1, 0.15) is 11.4 Å². The van der Waals surface area contributed by atoms with Crippen molar-refractivity contribution >= 4 is 11.6 Å². The minimum atomic E-state index is -0.494. The first-order chi connectivity index (χ1) is 16.5. The Morgan fingerprint density at radius 1 is 1.09 bits per heavy atom. The fraction of sp³-hybridized carbons (Fsp3) is 0.333. The van der Waals surface area contributed by atoms with E-state index in [0.717, 1.165) is 23.1 Å². The summed E-state index contributed by atoms with van der Waals surface area (Å²) in [5.41, 5.74) is 6.05. The maximum absolute atomic E-state index is 13.0. The van der Waals surface area contributed by atoms with E-state index in [2.05, 4.69) is 47.4 Å². The molecule has 1 saturated heterocycles. The zero-order valence-electron chi connectivity index (χ0n) is 19.1. The Balaban J connectivity index is 1.36. The number of nitrogens with zero attached hydrogens (tertiary/aromatic N) is 3. The molecule has 7 nitrogen and oxygen atoms in total. The van der Waals surface area contributed by atoms with Gasteiger partial charge in [0.2, 0.25) is 0 Å². The van der Waals surface area contributed by atoms with E-state index < -0.39 is 4.92 Å². The largest absolute Gasteiger partial charge is 0.392 e. The number of rotatable bonds is 6. The molecular formula is C27H27N3O4. The van der Waals surface area contributed by atoms with Crippen molar-refractivity contribution in [3.8, 4) is 11.1 Å². The minimum absolute atomic E-state index is 0.0533. The molecule has 2 aromatic carbocycles. The predicted octanol–water partition coefficient (Wildman–Crippen LogP) is 4.96. The van der Waals surface area contributed by atoms with Gasteiger partial charge < -0.3 is 10.0 Å². The quantitative estimate of drug-likeness (QED) is 0.417. The molecule has 1 aromatic heterocycles. The van der Waals surface area contributed by atoms with Crippen molar-refractivity contribution < 1.29 is 14.8 Å². The van der Waals surface area contributed by atoms with E-state index in [4.69, 9.17) is 0 Å². The molecule has 1 amide bonds. The SMILES string of the molecule is Cc1nc(C(=O)N2CCC(c3ccc(-c4ccccc4C4CC4)cc3CO)C2)ccc1[N+](=O)[O-]. The molecule has 174 valence electrons. The Bertz CT molecular complexity index is 1270. The first-order valence-corrected chi connectivity index (χ1v) is 11.7. The maximum atomic E-state index is 13.0. The third kappa shape index (κ3) is 4.19. The Labute approximate surface area is 198 Å². The van der Waals surface area contributed by atoms with Crippen LogP contribution in [0.3, 0.4) is 0 Å². The van der Waals surface area contributed by atoms with Gasteiger partial charge in [-0.15, -0.1) is 0 Å². The van der Waals surface area contributed by atoms with Gasteiger partial charge in [-0.1, -0.05) is 36.4 Å². The number of aromatic nitrogens is 1. The van der Waals surface area contributed by atoms with E-state index >= 15 is 0 Å². The zero-order valence-corrected chi connectivity index (χ0v) is 19.1. The van der Waals surface area contributed by atoms with Crippen molar-refractivity contribution in [2.45, 2.75) is 44.6 Å². The summed E-state index contributed by atoms with van der Waals surface area (Å²) in [6.07, 6.45) is 3.26. The molecule has 0 radical (unpaired) electrons. The van der Waals surface area contributed by atoms with E-state index in [9.17, 15) is 20.0 Å². The van der Waals surface area contributed by atoms with E-state index in [0.29, 0.717) is 19.0 Å². The Morgan fingerprint density at radius 2 is 1.88 bits per heavy atom. The molecule has 1 N–H and O–H groups in total. The normalized spacial score (nSPS) is 17.7. The summed E-state index contributed by atoms with van der Waals surface area (Å²) < 4.78 is 0. The second kappa shape index (κ2) is 8.99. The minimum Gasteiger partial charge on any atom is -0.392 e. The fourth-order valence-corrected chi connectivity index (χ4v) is 5.05. The third-order valence-electron chi connectivity index (χ3n) is 6.99. The lowest BCUT2D eigenvalue weighted by atomic mass is 9.89. The molecule has 3 aromatic rings. The van der Waals surface area contributed by atoms with Crippen LogP contribution in [0.2, 0.25) is 0 Å². The monoisotopic (exact) mass is 457 g/mol. The van der Waals surface area contributed by atoms with Gasteiger partial charge in [-0.2, -0.15) is 0 Å². The first-order valence-electron chi connectivity index (χ1n) is 11.7. The van der Waals surface area contributed by atoms with Crippen LogP contribution in [0.15, 0.2) is 54.6 Å². The van der Waals surface area contributed by atoms with Gasteiger partial charge >= 0.3 is 0 Å². The highest BCUT2D eigenvalue weighted by atomic mass is 16.6. The molecule has 0 bridgehead atoms. The number of nitro groups is 1. The average molecular weight is 458 g/mol. The van der Waals surface area contributed by atoms with Crippen LogP contribution in [-0.4, -0.2) is 38.9 Å². The number of amides is 1. The number of benzene rings is 2. The molecule has 0 spiro atoms. The van der Waals surface area contributed by atoms with Gasteiger partial charge in [0.15, 0.2) is 0 Å². The van der Waals surface area contributed by atoms with E-state index in [-0.39, 0.29) is 35.5 Å². The smallest absolute Gasteiger partial charge is 0.290 e.